The van der Waals surface area contributed by atoms with Crippen molar-refractivity contribution in [2.45, 2.75) is 6.92 Å². The van der Waals surface area contributed by atoms with E-state index in [9.17, 15) is 0 Å². The van der Waals surface area contributed by atoms with Gasteiger partial charge in [-0.15, -0.1) is 0 Å². The van der Waals surface area contributed by atoms with Crippen LogP contribution in [0.1, 0.15) is 5.56 Å². The van der Waals surface area contributed by atoms with Gasteiger partial charge in [-0.25, -0.2) is 4.68 Å². The van der Waals surface area contributed by atoms with Crippen LogP contribution in [0.4, 0.5) is 0 Å². The minimum absolute atomic E-state index is 0.978. The average Bonchev–Trinajstić information content (AvgIpc) is 2.86. The van der Waals surface area contributed by atoms with Crippen LogP contribution in [0.15, 0.2) is 65.4 Å². The van der Waals surface area contributed by atoms with Gasteiger partial charge in [0, 0.05) is 11.8 Å². The van der Waals surface area contributed by atoms with Crippen molar-refractivity contribution in [2.24, 2.45) is 0 Å². The molecule has 2 nitrogen and oxygen atoms in total. The van der Waals surface area contributed by atoms with E-state index in [0.717, 1.165) is 10.2 Å². The van der Waals surface area contributed by atoms with Crippen LogP contribution in [-0.4, -0.2) is 9.78 Å². The maximum atomic E-state index is 4.36. The molecule has 0 saturated carbocycles. The first-order chi connectivity index (χ1) is 9.24. The molecule has 0 N–H and O–H groups in total. The van der Waals surface area contributed by atoms with Crippen molar-refractivity contribution in [1.29, 1.82) is 0 Å². The van der Waals surface area contributed by atoms with Crippen molar-refractivity contribution in [3.05, 3.63) is 71.0 Å². The number of hydrogen-bond donors (Lipinski definition) is 0. The Labute approximate surface area is 120 Å². The predicted octanol–water partition coefficient (Wildman–Crippen LogP) is 4.61. The average molecular weight is 313 g/mol. The Morgan fingerprint density at radius 2 is 1.74 bits per heavy atom. The first-order valence-corrected chi connectivity index (χ1v) is 6.90. The van der Waals surface area contributed by atoms with Crippen molar-refractivity contribution < 1.29 is 0 Å². The Bertz CT molecular complexity index is 699. The molecule has 1 heterocycles. The summed E-state index contributed by atoms with van der Waals surface area (Å²) in [6.45, 7) is 2.10. The van der Waals surface area contributed by atoms with E-state index in [0.29, 0.717) is 0 Å². The molecule has 0 aliphatic heterocycles. The second-order valence-corrected chi connectivity index (χ2v) is 5.40. The zero-order valence-corrected chi connectivity index (χ0v) is 12.1. The van der Waals surface area contributed by atoms with Gasteiger partial charge in [-0.05, 0) is 34.5 Å². The van der Waals surface area contributed by atoms with Crippen molar-refractivity contribution in [3.63, 3.8) is 0 Å². The van der Waals surface area contributed by atoms with Gasteiger partial charge in [0.2, 0.25) is 0 Å². The summed E-state index contributed by atoms with van der Waals surface area (Å²) in [4.78, 5) is 0. The van der Waals surface area contributed by atoms with E-state index in [4.69, 9.17) is 0 Å². The SMILES string of the molecule is Cc1ccc(-c2ccccc2-n2cc(Br)cn2)cc1. The lowest BCUT2D eigenvalue weighted by Crippen LogP contribution is -1.97. The molecule has 3 rings (SSSR count). The summed E-state index contributed by atoms with van der Waals surface area (Å²) in [6, 6.07) is 16.8. The van der Waals surface area contributed by atoms with Crippen LogP contribution < -0.4 is 0 Å². The number of hydrogen-bond acceptors (Lipinski definition) is 1. The van der Waals surface area contributed by atoms with E-state index in [1.54, 1.807) is 6.20 Å². The minimum Gasteiger partial charge on any atom is -0.239 e. The lowest BCUT2D eigenvalue weighted by molar-refractivity contribution is 0.882. The second-order valence-electron chi connectivity index (χ2n) is 4.49. The van der Waals surface area contributed by atoms with E-state index >= 15 is 0 Å². The Kier molecular flexibility index (Phi) is 3.22. The molecule has 94 valence electrons. The standard InChI is InChI=1S/C16H13BrN2/c1-12-6-8-13(9-7-12)15-4-2-3-5-16(15)19-11-14(17)10-18-19/h2-11H,1H3. The summed E-state index contributed by atoms with van der Waals surface area (Å²) in [5, 5.41) is 4.36. The van der Waals surface area contributed by atoms with E-state index in [1.165, 1.54) is 16.7 Å². The van der Waals surface area contributed by atoms with Crippen LogP contribution in [0, 0.1) is 6.92 Å². The number of para-hydroxylation sites is 1. The molecule has 0 aliphatic rings. The zero-order valence-electron chi connectivity index (χ0n) is 10.5. The molecule has 0 amide bonds. The number of rotatable bonds is 2. The predicted molar refractivity (Wildman–Crippen MR) is 81.4 cm³/mol. The minimum atomic E-state index is 0.978. The van der Waals surface area contributed by atoms with Gasteiger partial charge in [-0.1, -0.05) is 48.0 Å². The Balaban J connectivity index is 2.14. The molecule has 0 bridgehead atoms. The molecule has 3 aromatic rings. The first-order valence-electron chi connectivity index (χ1n) is 6.11. The molecule has 0 saturated heterocycles. The summed E-state index contributed by atoms with van der Waals surface area (Å²) in [6.07, 6.45) is 3.76. The molecule has 2 aromatic carbocycles. The third-order valence-corrected chi connectivity index (χ3v) is 3.47. The normalized spacial score (nSPS) is 10.6. The Morgan fingerprint density at radius 1 is 1.00 bits per heavy atom. The van der Waals surface area contributed by atoms with Crippen LogP contribution in [0.3, 0.4) is 0 Å². The molecular formula is C16H13BrN2. The zero-order chi connectivity index (χ0) is 13.2. The first kappa shape index (κ1) is 12.2. The third-order valence-electron chi connectivity index (χ3n) is 3.06. The smallest absolute Gasteiger partial charge is 0.0724 e. The van der Waals surface area contributed by atoms with Gasteiger partial charge < -0.3 is 0 Å². The molecule has 0 radical (unpaired) electrons. The van der Waals surface area contributed by atoms with E-state index in [2.05, 4.69) is 70.4 Å². The van der Waals surface area contributed by atoms with Crippen molar-refractivity contribution in [1.82, 2.24) is 9.78 Å². The number of benzene rings is 2. The molecule has 0 aliphatic carbocycles. The van der Waals surface area contributed by atoms with Gasteiger partial charge in [-0.2, -0.15) is 5.10 Å². The molecule has 0 unspecified atom stereocenters. The fraction of sp³-hybridized carbons (Fsp3) is 0.0625. The number of halogens is 1. The lowest BCUT2D eigenvalue weighted by Gasteiger charge is -2.09. The van der Waals surface area contributed by atoms with Gasteiger partial charge in [0.05, 0.1) is 16.4 Å². The Hall–Kier alpha value is -1.87. The van der Waals surface area contributed by atoms with Crippen LogP contribution in [-0.2, 0) is 0 Å². The van der Waals surface area contributed by atoms with Gasteiger partial charge in [0.25, 0.3) is 0 Å². The van der Waals surface area contributed by atoms with Gasteiger partial charge >= 0.3 is 0 Å². The van der Waals surface area contributed by atoms with Crippen molar-refractivity contribution in [2.75, 3.05) is 0 Å². The van der Waals surface area contributed by atoms with Crippen molar-refractivity contribution in [3.8, 4) is 16.8 Å². The Morgan fingerprint density at radius 3 is 2.42 bits per heavy atom. The van der Waals surface area contributed by atoms with E-state index in [1.807, 2.05) is 16.9 Å². The molecule has 19 heavy (non-hydrogen) atoms. The number of nitrogens with zero attached hydrogens (tertiary/aromatic N) is 2. The maximum absolute atomic E-state index is 4.36. The summed E-state index contributed by atoms with van der Waals surface area (Å²) >= 11 is 3.44. The van der Waals surface area contributed by atoms with Crippen LogP contribution >= 0.6 is 15.9 Å². The molecule has 0 atom stereocenters. The monoisotopic (exact) mass is 312 g/mol. The van der Waals surface area contributed by atoms with E-state index in [-0.39, 0.29) is 0 Å². The highest BCUT2D eigenvalue weighted by atomic mass is 79.9. The highest BCUT2D eigenvalue weighted by molar-refractivity contribution is 9.10. The van der Waals surface area contributed by atoms with Crippen molar-refractivity contribution >= 4 is 15.9 Å². The largest absolute Gasteiger partial charge is 0.239 e. The van der Waals surface area contributed by atoms with Crippen LogP contribution in [0.5, 0.6) is 0 Å². The lowest BCUT2D eigenvalue weighted by atomic mass is 10.0. The summed E-state index contributed by atoms with van der Waals surface area (Å²) in [5.74, 6) is 0. The van der Waals surface area contributed by atoms with Gasteiger partial charge in [-0.3, -0.25) is 0 Å². The molecule has 0 fully saturated rings. The summed E-state index contributed by atoms with van der Waals surface area (Å²) < 4.78 is 2.87. The van der Waals surface area contributed by atoms with Crippen LogP contribution in [0.2, 0.25) is 0 Å². The molecule has 1 aromatic heterocycles. The third kappa shape index (κ3) is 2.47. The fourth-order valence-corrected chi connectivity index (χ4v) is 2.37. The van der Waals surface area contributed by atoms with Crippen LogP contribution in [0.25, 0.3) is 16.8 Å². The summed E-state index contributed by atoms with van der Waals surface area (Å²) in [5.41, 5.74) is 4.73. The fourth-order valence-electron chi connectivity index (χ4n) is 2.08. The van der Waals surface area contributed by atoms with Gasteiger partial charge in [0.15, 0.2) is 0 Å². The quantitative estimate of drug-likeness (QED) is 0.675. The molecule has 3 heteroatoms. The second kappa shape index (κ2) is 5.02. The number of aromatic nitrogens is 2. The molecule has 0 spiro atoms. The maximum Gasteiger partial charge on any atom is 0.0724 e. The highest BCUT2D eigenvalue weighted by Gasteiger charge is 2.07. The number of aryl methyl sites for hydroxylation is 1. The van der Waals surface area contributed by atoms with E-state index < -0.39 is 0 Å². The topological polar surface area (TPSA) is 17.8 Å². The molecular weight excluding hydrogens is 300 g/mol. The van der Waals surface area contributed by atoms with Gasteiger partial charge in [0.1, 0.15) is 0 Å². The summed E-state index contributed by atoms with van der Waals surface area (Å²) in [7, 11) is 0. The highest BCUT2D eigenvalue weighted by Crippen LogP contribution is 2.27.